The highest BCUT2D eigenvalue weighted by Crippen LogP contribution is 2.17. The van der Waals surface area contributed by atoms with Crippen LogP contribution in [-0.4, -0.2) is 37.7 Å². The van der Waals surface area contributed by atoms with Crippen LogP contribution in [0.3, 0.4) is 0 Å². The topological polar surface area (TPSA) is 50.4 Å². The predicted molar refractivity (Wildman–Crippen MR) is 64.3 cm³/mol. The molecule has 0 aromatic heterocycles. The first-order chi connectivity index (χ1) is 7.50. The Kier molecular flexibility index (Phi) is 4.74. The van der Waals surface area contributed by atoms with Gasteiger partial charge in [0.1, 0.15) is 0 Å². The maximum Gasteiger partial charge on any atom is 0.227 e. The summed E-state index contributed by atoms with van der Waals surface area (Å²) in [6, 6.07) is 0.150. The quantitative estimate of drug-likeness (QED) is 0.735. The van der Waals surface area contributed by atoms with Gasteiger partial charge in [-0.25, -0.2) is 0 Å². The molecule has 94 valence electrons. The van der Waals surface area contributed by atoms with Crippen LogP contribution in [0.5, 0.6) is 0 Å². The Morgan fingerprint density at radius 1 is 1.44 bits per heavy atom. The van der Waals surface area contributed by atoms with E-state index in [1.54, 1.807) is 0 Å². The molecular weight excluding hydrogens is 204 g/mol. The third-order valence-electron chi connectivity index (χ3n) is 3.12. The van der Waals surface area contributed by atoms with Gasteiger partial charge in [0.05, 0.1) is 19.1 Å². The number of rotatable bonds is 5. The van der Waals surface area contributed by atoms with Gasteiger partial charge in [-0.3, -0.25) is 4.79 Å². The number of nitrogens with one attached hydrogen (secondary N) is 2. The van der Waals surface area contributed by atoms with Crippen LogP contribution in [0.15, 0.2) is 0 Å². The molecule has 1 aliphatic rings. The normalized spacial score (nSPS) is 25.8. The first-order valence-electron chi connectivity index (χ1n) is 6.07. The Balaban J connectivity index is 2.51. The highest BCUT2D eigenvalue weighted by atomic mass is 16.5. The van der Waals surface area contributed by atoms with Gasteiger partial charge in [0.15, 0.2) is 0 Å². The van der Waals surface area contributed by atoms with Crippen molar-refractivity contribution >= 4 is 5.91 Å². The molecule has 4 heteroatoms. The van der Waals surface area contributed by atoms with Crippen molar-refractivity contribution in [2.24, 2.45) is 5.92 Å². The van der Waals surface area contributed by atoms with Crippen molar-refractivity contribution in [2.45, 2.75) is 45.2 Å². The van der Waals surface area contributed by atoms with Gasteiger partial charge in [-0.05, 0) is 27.3 Å². The maximum atomic E-state index is 12.1. The number of carbonyl (C=O) groups excluding carboxylic acids is 1. The Bertz CT molecular complexity index is 241. The second-order valence-corrected chi connectivity index (χ2v) is 5.16. The molecule has 0 aromatic carbocycles. The Morgan fingerprint density at radius 3 is 2.69 bits per heavy atom. The van der Waals surface area contributed by atoms with E-state index in [9.17, 15) is 4.79 Å². The molecule has 1 heterocycles. The van der Waals surface area contributed by atoms with Crippen LogP contribution < -0.4 is 10.6 Å². The summed E-state index contributed by atoms with van der Waals surface area (Å²) < 4.78 is 5.33. The smallest absolute Gasteiger partial charge is 0.227 e. The van der Waals surface area contributed by atoms with E-state index < -0.39 is 0 Å². The molecule has 0 aliphatic carbocycles. The monoisotopic (exact) mass is 228 g/mol. The molecule has 0 bridgehead atoms. The molecule has 0 aromatic rings. The molecular formula is C12H24N2O2. The van der Waals surface area contributed by atoms with Crippen LogP contribution in [0.4, 0.5) is 0 Å². The number of carbonyl (C=O) groups is 1. The van der Waals surface area contributed by atoms with Crippen molar-refractivity contribution in [1.82, 2.24) is 10.6 Å². The van der Waals surface area contributed by atoms with Gasteiger partial charge in [-0.15, -0.1) is 0 Å². The lowest BCUT2D eigenvalue weighted by Crippen LogP contribution is -2.50. The van der Waals surface area contributed by atoms with Crippen LogP contribution in [-0.2, 0) is 9.53 Å². The standard InChI is InChI=1S/C12H24N2O2/c1-5-6-12(2,3)14-11(15)9-7-16-8-10(9)13-4/h9-10,13H,5-8H2,1-4H3,(H,14,15). The van der Waals surface area contributed by atoms with Crippen LogP contribution in [0.2, 0.25) is 0 Å². The summed E-state index contributed by atoms with van der Waals surface area (Å²) in [7, 11) is 1.87. The van der Waals surface area contributed by atoms with Gasteiger partial charge in [0.2, 0.25) is 5.91 Å². The summed E-state index contributed by atoms with van der Waals surface area (Å²) in [6.45, 7) is 7.42. The predicted octanol–water partition coefficient (Wildman–Crippen LogP) is 0.916. The molecule has 0 saturated carbocycles. The van der Waals surface area contributed by atoms with E-state index in [2.05, 4.69) is 31.4 Å². The summed E-state index contributed by atoms with van der Waals surface area (Å²) in [5, 5.41) is 6.23. The molecule has 2 atom stereocenters. The van der Waals surface area contributed by atoms with E-state index >= 15 is 0 Å². The zero-order chi connectivity index (χ0) is 12.2. The molecule has 2 unspecified atom stereocenters. The van der Waals surface area contributed by atoms with E-state index in [0.717, 1.165) is 12.8 Å². The third kappa shape index (κ3) is 3.46. The van der Waals surface area contributed by atoms with Crippen molar-refractivity contribution in [2.75, 3.05) is 20.3 Å². The first-order valence-corrected chi connectivity index (χ1v) is 6.07. The van der Waals surface area contributed by atoms with Gasteiger partial charge in [-0.2, -0.15) is 0 Å². The van der Waals surface area contributed by atoms with E-state index in [4.69, 9.17) is 4.74 Å². The van der Waals surface area contributed by atoms with E-state index in [1.165, 1.54) is 0 Å². The van der Waals surface area contributed by atoms with Gasteiger partial charge in [-0.1, -0.05) is 13.3 Å². The number of amides is 1. The fourth-order valence-electron chi connectivity index (χ4n) is 2.21. The van der Waals surface area contributed by atoms with Gasteiger partial charge in [0.25, 0.3) is 0 Å². The van der Waals surface area contributed by atoms with Crippen molar-refractivity contribution in [3.63, 3.8) is 0 Å². The average Bonchev–Trinajstić information content (AvgIpc) is 2.64. The molecule has 1 fully saturated rings. The van der Waals surface area contributed by atoms with Gasteiger partial charge >= 0.3 is 0 Å². The fourth-order valence-corrected chi connectivity index (χ4v) is 2.21. The van der Waals surface area contributed by atoms with Crippen LogP contribution in [0.25, 0.3) is 0 Å². The zero-order valence-electron chi connectivity index (χ0n) is 10.8. The highest BCUT2D eigenvalue weighted by Gasteiger charge is 2.34. The molecule has 16 heavy (non-hydrogen) atoms. The highest BCUT2D eigenvalue weighted by molar-refractivity contribution is 5.80. The van der Waals surface area contributed by atoms with Crippen LogP contribution >= 0.6 is 0 Å². The summed E-state index contributed by atoms with van der Waals surface area (Å²) >= 11 is 0. The molecule has 1 amide bonds. The minimum absolute atomic E-state index is 0.0545. The maximum absolute atomic E-state index is 12.1. The van der Waals surface area contributed by atoms with Crippen molar-refractivity contribution < 1.29 is 9.53 Å². The molecule has 1 rings (SSSR count). The van der Waals surface area contributed by atoms with Gasteiger partial charge < -0.3 is 15.4 Å². The Morgan fingerprint density at radius 2 is 2.12 bits per heavy atom. The minimum Gasteiger partial charge on any atom is -0.379 e. The Hall–Kier alpha value is -0.610. The largest absolute Gasteiger partial charge is 0.379 e. The molecule has 1 aliphatic heterocycles. The van der Waals surface area contributed by atoms with Gasteiger partial charge in [0, 0.05) is 11.6 Å². The van der Waals surface area contributed by atoms with Crippen LogP contribution in [0.1, 0.15) is 33.6 Å². The molecule has 0 radical (unpaired) electrons. The van der Waals surface area contributed by atoms with Crippen molar-refractivity contribution in [3.8, 4) is 0 Å². The lowest BCUT2D eigenvalue weighted by atomic mass is 9.96. The van der Waals surface area contributed by atoms with Crippen LogP contribution in [0, 0.1) is 5.92 Å². The third-order valence-corrected chi connectivity index (χ3v) is 3.12. The number of hydrogen-bond donors (Lipinski definition) is 2. The summed E-state index contributed by atoms with van der Waals surface area (Å²) in [4.78, 5) is 12.1. The molecule has 4 nitrogen and oxygen atoms in total. The second kappa shape index (κ2) is 5.64. The zero-order valence-corrected chi connectivity index (χ0v) is 10.8. The number of ether oxygens (including phenoxy) is 1. The van der Waals surface area contributed by atoms with E-state index in [0.29, 0.717) is 13.2 Å². The first kappa shape index (κ1) is 13.5. The molecule has 2 N–H and O–H groups in total. The number of hydrogen-bond acceptors (Lipinski definition) is 3. The average molecular weight is 228 g/mol. The second-order valence-electron chi connectivity index (χ2n) is 5.16. The van der Waals surface area contributed by atoms with Crippen molar-refractivity contribution in [1.29, 1.82) is 0 Å². The van der Waals surface area contributed by atoms with E-state index in [-0.39, 0.29) is 23.4 Å². The lowest BCUT2D eigenvalue weighted by molar-refractivity contribution is -0.127. The molecule has 0 spiro atoms. The summed E-state index contributed by atoms with van der Waals surface area (Å²) in [5.41, 5.74) is -0.118. The van der Waals surface area contributed by atoms with Crippen molar-refractivity contribution in [3.05, 3.63) is 0 Å². The number of likely N-dealkylation sites (N-methyl/N-ethyl adjacent to an activating group) is 1. The fraction of sp³-hybridized carbons (Fsp3) is 0.917. The summed E-state index contributed by atoms with van der Waals surface area (Å²) in [6.07, 6.45) is 2.07. The Labute approximate surface area is 98.1 Å². The van der Waals surface area contributed by atoms with E-state index in [1.807, 2.05) is 7.05 Å². The SMILES string of the molecule is CCCC(C)(C)NC(=O)C1COCC1NC. The summed E-state index contributed by atoms with van der Waals surface area (Å²) in [5.74, 6) is 0.0523. The minimum atomic E-state index is -0.118. The molecule has 1 saturated heterocycles. The lowest BCUT2D eigenvalue weighted by Gasteiger charge is -2.28.